The van der Waals surface area contributed by atoms with Gasteiger partial charge in [-0.25, -0.2) is 0 Å². The van der Waals surface area contributed by atoms with E-state index >= 15 is 0 Å². The number of hydrogen-bond acceptors (Lipinski definition) is 3. The second kappa shape index (κ2) is 5.03. The summed E-state index contributed by atoms with van der Waals surface area (Å²) in [7, 11) is 3.26. The summed E-state index contributed by atoms with van der Waals surface area (Å²) in [5, 5.41) is 8.99. The van der Waals surface area contributed by atoms with Crippen LogP contribution >= 0.6 is 0 Å². The molecule has 0 atom stereocenters. The molecule has 0 bridgehead atoms. The van der Waals surface area contributed by atoms with E-state index in [2.05, 4.69) is 0 Å². The van der Waals surface area contributed by atoms with Crippen molar-refractivity contribution >= 4 is 0 Å². The Labute approximate surface area is 90.6 Å². The van der Waals surface area contributed by atoms with Gasteiger partial charge >= 0.3 is 0 Å². The first kappa shape index (κ1) is 11.9. The summed E-state index contributed by atoms with van der Waals surface area (Å²) < 4.78 is 10.5. The van der Waals surface area contributed by atoms with Crippen LogP contribution in [0.4, 0.5) is 0 Å². The van der Waals surface area contributed by atoms with Crippen LogP contribution in [0.3, 0.4) is 0 Å². The minimum Gasteiger partial charge on any atom is -0.493 e. The SMILES string of the molecule is COc1cc(C)c(CCO)c(C)c1OC. The van der Waals surface area contributed by atoms with Gasteiger partial charge in [-0.1, -0.05) is 0 Å². The summed E-state index contributed by atoms with van der Waals surface area (Å²) in [6.45, 7) is 4.15. The molecule has 0 unspecified atom stereocenters. The summed E-state index contributed by atoms with van der Waals surface area (Å²) in [5.41, 5.74) is 3.30. The van der Waals surface area contributed by atoms with E-state index in [1.165, 1.54) is 0 Å². The van der Waals surface area contributed by atoms with Crippen LogP contribution < -0.4 is 9.47 Å². The van der Waals surface area contributed by atoms with E-state index in [9.17, 15) is 0 Å². The summed E-state index contributed by atoms with van der Waals surface area (Å²) >= 11 is 0. The van der Waals surface area contributed by atoms with E-state index in [1.807, 2.05) is 19.9 Å². The van der Waals surface area contributed by atoms with Gasteiger partial charge in [-0.3, -0.25) is 0 Å². The molecule has 15 heavy (non-hydrogen) atoms. The van der Waals surface area contributed by atoms with Crippen LogP contribution in [0.2, 0.25) is 0 Å². The largest absolute Gasteiger partial charge is 0.493 e. The van der Waals surface area contributed by atoms with Gasteiger partial charge in [0.2, 0.25) is 0 Å². The van der Waals surface area contributed by atoms with Gasteiger partial charge in [0.1, 0.15) is 0 Å². The summed E-state index contributed by atoms with van der Waals surface area (Å²) in [6, 6.07) is 1.94. The van der Waals surface area contributed by atoms with Gasteiger partial charge in [-0.2, -0.15) is 0 Å². The number of rotatable bonds is 4. The fraction of sp³-hybridized carbons (Fsp3) is 0.500. The minimum atomic E-state index is 0.150. The zero-order valence-corrected chi connectivity index (χ0v) is 9.76. The molecule has 1 aromatic rings. The van der Waals surface area contributed by atoms with E-state index in [0.29, 0.717) is 6.42 Å². The van der Waals surface area contributed by atoms with Crippen molar-refractivity contribution in [3.63, 3.8) is 0 Å². The van der Waals surface area contributed by atoms with Crippen LogP contribution in [0, 0.1) is 13.8 Å². The third-order valence-electron chi connectivity index (χ3n) is 2.63. The molecule has 3 nitrogen and oxygen atoms in total. The molecule has 0 aliphatic heterocycles. The van der Waals surface area contributed by atoms with Crippen molar-refractivity contribution in [2.45, 2.75) is 20.3 Å². The maximum Gasteiger partial charge on any atom is 0.163 e. The molecule has 84 valence electrons. The predicted octanol–water partition coefficient (Wildman–Crippen LogP) is 1.86. The predicted molar refractivity (Wildman–Crippen MR) is 59.8 cm³/mol. The molecule has 1 aromatic carbocycles. The van der Waals surface area contributed by atoms with Crippen molar-refractivity contribution in [3.05, 3.63) is 22.8 Å². The van der Waals surface area contributed by atoms with E-state index in [-0.39, 0.29) is 6.61 Å². The Kier molecular flexibility index (Phi) is 3.97. The minimum absolute atomic E-state index is 0.150. The summed E-state index contributed by atoms with van der Waals surface area (Å²) in [4.78, 5) is 0. The molecule has 0 radical (unpaired) electrons. The normalized spacial score (nSPS) is 10.2. The van der Waals surface area contributed by atoms with Gasteiger partial charge in [0.25, 0.3) is 0 Å². The standard InChI is InChI=1S/C12H18O3/c1-8-7-11(14-3)12(15-4)9(2)10(8)5-6-13/h7,13H,5-6H2,1-4H3. The summed E-state index contributed by atoms with van der Waals surface area (Å²) in [6.07, 6.45) is 0.651. The zero-order chi connectivity index (χ0) is 11.4. The number of hydrogen-bond donors (Lipinski definition) is 1. The fourth-order valence-corrected chi connectivity index (χ4v) is 1.87. The second-order valence-corrected chi connectivity index (χ2v) is 3.51. The zero-order valence-electron chi connectivity index (χ0n) is 9.76. The molecule has 3 heteroatoms. The van der Waals surface area contributed by atoms with E-state index in [4.69, 9.17) is 14.6 Å². The first-order valence-electron chi connectivity index (χ1n) is 4.97. The number of aliphatic hydroxyl groups is 1. The molecular formula is C12H18O3. The Morgan fingerprint density at radius 1 is 1.20 bits per heavy atom. The maximum absolute atomic E-state index is 8.99. The molecule has 0 saturated carbocycles. The van der Waals surface area contributed by atoms with Crippen molar-refractivity contribution in [1.29, 1.82) is 0 Å². The van der Waals surface area contributed by atoms with Gasteiger partial charge in [-0.05, 0) is 43.0 Å². The Bertz CT molecular complexity index is 345. The van der Waals surface area contributed by atoms with Gasteiger partial charge in [0.15, 0.2) is 11.5 Å². The van der Waals surface area contributed by atoms with Crippen molar-refractivity contribution in [2.75, 3.05) is 20.8 Å². The maximum atomic E-state index is 8.99. The van der Waals surface area contributed by atoms with Crippen molar-refractivity contribution in [1.82, 2.24) is 0 Å². The van der Waals surface area contributed by atoms with Crippen molar-refractivity contribution in [3.8, 4) is 11.5 Å². The second-order valence-electron chi connectivity index (χ2n) is 3.51. The number of benzene rings is 1. The Hall–Kier alpha value is -1.22. The van der Waals surface area contributed by atoms with E-state index in [0.717, 1.165) is 28.2 Å². The van der Waals surface area contributed by atoms with Gasteiger partial charge < -0.3 is 14.6 Å². The van der Waals surface area contributed by atoms with E-state index < -0.39 is 0 Å². The molecule has 0 aliphatic carbocycles. The highest BCUT2D eigenvalue weighted by molar-refractivity contribution is 5.53. The highest BCUT2D eigenvalue weighted by atomic mass is 16.5. The highest BCUT2D eigenvalue weighted by Gasteiger charge is 2.13. The average Bonchev–Trinajstić information content (AvgIpc) is 2.23. The smallest absolute Gasteiger partial charge is 0.163 e. The van der Waals surface area contributed by atoms with Crippen molar-refractivity contribution in [2.24, 2.45) is 0 Å². The number of aliphatic hydroxyl groups excluding tert-OH is 1. The Balaban J connectivity index is 3.31. The number of aryl methyl sites for hydroxylation is 1. The van der Waals surface area contributed by atoms with Gasteiger partial charge in [-0.15, -0.1) is 0 Å². The molecule has 0 heterocycles. The third-order valence-corrected chi connectivity index (χ3v) is 2.63. The molecule has 0 aromatic heterocycles. The Morgan fingerprint density at radius 2 is 1.87 bits per heavy atom. The first-order valence-corrected chi connectivity index (χ1v) is 4.97. The van der Waals surface area contributed by atoms with Gasteiger partial charge in [0, 0.05) is 6.61 Å². The molecule has 0 saturated heterocycles. The topological polar surface area (TPSA) is 38.7 Å². The molecule has 0 spiro atoms. The van der Waals surface area contributed by atoms with Crippen molar-refractivity contribution < 1.29 is 14.6 Å². The van der Waals surface area contributed by atoms with Crippen LogP contribution in [-0.2, 0) is 6.42 Å². The number of ether oxygens (including phenoxy) is 2. The molecule has 1 rings (SSSR count). The molecule has 0 aliphatic rings. The monoisotopic (exact) mass is 210 g/mol. The Morgan fingerprint density at radius 3 is 2.33 bits per heavy atom. The van der Waals surface area contributed by atoms with Crippen LogP contribution in [0.5, 0.6) is 11.5 Å². The van der Waals surface area contributed by atoms with E-state index in [1.54, 1.807) is 14.2 Å². The van der Waals surface area contributed by atoms with Crippen LogP contribution in [0.15, 0.2) is 6.07 Å². The third kappa shape index (κ3) is 2.23. The van der Waals surface area contributed by atoms with Gasteiger partial charge in [0.05, 0.1) is 14.2 Å². The molecular weight excluding hydrogens is 192 g/mol. The van der Waals surface area contributed by atoms with Crippen LogP contribution in [0.1, 0.15) is 16.7 Å². The highest BCUT2D eigenvalue weighted by Crippen LogP contribution is 2.35. The average molecular weight is 210 g/mol. The lowest BCUT2D eigenvalue weighted by molar-refractivity contribution is 0.298. The van der Waals surface area contributed by atoms with Crippen LogP contribution in [-0.4, -0.2) is 25.9 Å². The number of methoxy groups -OCH3 is 2. The fourth-order valence-electron chi connectivity index (χ4n) is 1.87. The van der Waals surface area contributed by atoms with Crippen LogP contribution in [0.25, 0.3) is 0 Å². The molecule has 0 fully saturated rings. The molecule has 0 amide bonds. The quantitative estimate of drug-likeness (QED) is 0.824. The lowest BCUT2D eigenvalue weighted by Gasteiger charge is -2.16. The molecule has 1 N–H and O–H groups in total. The summed E-state index contributed by atoms with van der Waals surface area (Å²) in [5.74, 6) is 1.50. The lowest BCUT2D eigenvalue weighted by atomic mass is 9.98. The first-order chi connectivity index (χ1) is 7.15. The lowest BCUT2D eigenvalue weighted by Crippen LogP contribution is -2.02.